The van der Waals surface area contributed by atoms with Crippen molar-refractivity contribution in [2.45, 2.75) is 62.6 Å². The van der Waals surface area contributed by atoms with Crippen molar-refractivity contribution in [1.82, 2.24) is 4.90 Å². The van der Waals surface area contributed by atoms with Crippen LogP contribution in [0.4, 0.5) is 5.69 Å². The minimum absolute atomic E-state index is 0.0170. The number of anilines is 1. The second-order valence-electron chi connectivity index (χ2n) is 9.84. The summed E-state index contributed by atoms with van der Waals surface area (Å²) in [5.41, 5.74) is 1.29. The molecule has 7 nitrogen and oxygen atoms in total. The molecule has 1 spiro atoms. The van der Waals surface area contributed by atoms with Gasteiger partial charge < -0.3 is 19.1 Å². The molecule has 34 heavy (non-hydrogen) atoms. The molecule has 5 atom stereocenters. The molecule has 0 radical (unpaired) electrons. The van der Waals surface area contributed by atoms with E-state index in [9.17, 15) is 9.59 Å². The van der Waals surface area contributed by atoms with Crippen LogP contribution in [0.1, 0.15) is 44.6 Å². The van der Waals surface area contributed by atoms with Gasteiger partial charge in [0.15, 0.2) is 0 Å². The molecular weight excluding hydrogens is 472 g/mol. The zero-order valence-corrected chi connectivity index (χ0v) is 21.8. The van der Waals surface area contributed by atoms with Crippen LogP contribution in [-0.2, 0) is 24.5 Å². The van der Waals surface area contributed by atoms with E-state index in [0.29, 0.717) is 4.38 Å². The number of hydrogen-bond donors (Lipinski definition) is 0. The molecule has 1 aliphatic carbocycles. The summed E-state index contributed by atoms with van der Waals surface area (Å²) in [6, 6.07) is 6.16. The molecule has 5 rings (SSSR count). The number of piperidine rings is 1. The Morgan fingerprint density at radius 3 is 2.68 bits per heavy atom. The smallest absolute Gasteiger partial charge is 0.347 e. The van der Waals surface area contributed by atoms with E-state index >= 15 is 0 Å². The number of carbonyl (C=O) groups is 2. The summed E-state index contributed by atoms with van der Waals surface area (Å²) in [7, 11) is 3.07. The quantitative estimate of drug-likeness (QED) is 0.456. The Morgan fingerprint density at radius 2 is 2.00 bits per heavy atom. The maximum Gasteiger partial charge on any atom is 0.347 e. The molecule has 0 bridgehead atoms. The third kappa shape index (κ3) is 3.09. The molecule has 1 saturated carbocycles. The summed E-state index contributed by atoms with van der Waals surface area (Å²) in [5.74, 6) is 0.380. The molecule has 3 aliphatic heterocycles. The predicted octanol–water partition coefficient (Wildman–Crippen LogP) is 3.52. The first-order chi connectivity index (χ1) is 16.4. The van der Waals surface area contributed by atoms with Crippen molar-refractivity contribution >= 4 is 45.9 Å². The van der Waals surface area contributed by atoms with Crippen LogP contribution in [0, 0.1) is 5.41 Å². The molecule has 1 aromatic rings. The molecule has 1 amide bonds. The van der Waals surface area contributed by atoms with Crippen molar-refractivity contribution in [2.75, 3.05) is 38.5 Å². The van der Waals surface area contributed by atoms with Gasteiger partial charge in [0.25, 0.3) is 0 Å². The predicted molar refractivity (Wildman–Crippen MR) is 136 cm³/mol. The Hall–Kier alpha value is -1.84. The molecule has 3 fully saturated rings. The van der Waals surface area contributed by atoms with Crippen LogP contribution in [0.5, 0.6) is 5.75 Å². The topological polar surface area (TPSA) is 68.3 Å². The first-order valence-electron chi connectivity index (χ1n) is 11.9. The highest BCUT2D eigenvalue weighted by Crippen LogP contribution is 2.67. The number of amides is 1. The molecule has 9 heteroatoms. The number of para-hydroxylation sites is 1. The number of thiocarbonyl (C=S) groups is 1. The third-order valence-corrected chi connectivity index (χ3v) is 9.73. The van der Waals surface area contributed by atoms with Crippen LogP contribution in [0.15, 0.2) is 18.2 Å². The fourth-order valence-corrected chi connectivity index (χ4v) is 8.07. The van der Waals surface area contributed by atoms with Gasteiger partial charge in [-0.05, 0) is 75.3 Å². The number of thioether (sulfide) groups is 1. The fourth-order valence-electron chi connectivity index (χ4n) is 7.78. The number of methoxy groups -OCH3 is 2. The van der Waals surface area contributed by atoms with Gasteiger partial charge in [-0.1, -0.05) is 23.9 Å². The van der Waals surface area contributed by atoms with Gasteiger partial charge in [-0.2, -0.15) is 0 Å². The highest BCUT2D eigenvalue weighted by molar-refractivity contribution is 8.22. The summed E-state index contributed by atoms with van der Waals surface area (Å²) < 4.78 is 17.6. The van der Waals surface area contributed by atoms with Crippen molar-refractivity contribution in [2.24, 2.45) is 5.41 Å². The monoisotopic (exact) mass is 504 g/mol. The molecular formula is C25H32N2O5S2. The van der Waals surface area contributed by atoms with Crippen molar-refractivity contribution in [3.63, 3.8) is 0 Å². The van der Waals surface area contributed by atoms with Gasteiger partial charge in [-0.3, -0.25) is 9.69 Å². The van der Waals surface area contributed by atoms with Gasteiger partial charge in [0.2, 0.25) is 16.4 Å². The largest absolute Gasteiger partial charge is 0.495 e. The molecule has 4 aliphatic rings. The number of rotatable bonds is 4. The van der Waals surface area contributed by atoms with Crippen LogP contribution >= 0.6 is 24.0 Å². The van der Waals surface area contributed by atoms with Crippen LogP contribution in [-0.4, -0.2) is 72.9 Å². The lowest BCUT2D eigenvalue weighted by Crippen LogP contribution is -2.69. The minimum Gasteiger partial charge on any atom is -0.495 e. The number of hydrogen-bond acceptors (Lipinski definition) is 8. The minimum atomic E-state index is -0.776. The third-order valence-electron chi connectivity index (χ3n) is 8.71. The Kier molecular flexibility index (Phi) is 6.09. The standard InChI is InChI=1S/C25H32N2O5S2/c1-15(28)27-18-9-11-24(20(21(29)31-3)32-23(33)34-4)10-6-13-26-14-12-25(18,22(24)26)16-7-5-8-17(30-2)19(16)27/h5,7-8,18,20,22H,6,9-14H2,1-4H3/t18-,20?,22-,24-,25-/m1/s1. The van der Waals surface area contributed by atoms with E-state index in [2.05, 4.69) is 11.0 Å². The maximum absolute atomic E-state index is 13.2. The first kappa shape index (κ1) is 23.9. The van der Waals surface area contributed by atoms with Crippen molar-refractivity contribution in [3.05, 3.63) is 23.8 Å². The van der Waals surface area contributed by atoms with E-state index in [1.54, 1.807) is 14.0 Å². The summed E-state index contributed by atoms with van der Waals surface area (Å²) in [6.45, 7) is 3.54. The van der Waals surface area contributed by atoms with Crippen molar-refractivity contribution < 1.29 is 23.8 Å². The molecule has 3 heterocycles. The molecule has 0 N–H and O–H groups in total. The molecule has 1 unspecified atom stereocenters. The Labute approximate surface area is 210 Å². The van der Waals surface area contributed by atoms with E-state index in [4.69, 9.17) is 26.4 Å². The lowest BCUT2D eigenvalue weighted by Gasteiger charge is -2.59. The average Bonchev–Trinajstić information content (AvgIpc) is 3.39. The number of esters is 1. The second-order valence-corrected chi connectivity index (χ2v) is 11.2. The average molecular weight is 505 g/mol. The van der Waals surface area contributed by atoms with E-state index in [-0.39, 0.29) is 29.4 Å². The van der Waals surface area contributed by atoms with Crippen LogP contribution < -0.4 is 9.64 Å². The maximum atomic E-state index is 13.2. The van der Waals surface area contributed by atoms with E-state index in [1.807, 2.05) is 23.3 Å². The highest BCUT2D eigenvalue weighted by atomic mass is 32.2. The molecule has 1 aromatic carbocycles. The van der Waals surface area contributed by atoms with E-state index in [1.165, 1.54) is 18.9 Å². The number of carbonyl (C=O) groups excluding carboxylic acids is 2. The Morgan fingerprint density at radius 1 is 1.21 bits per heavy atom. The zero-order chi connectivity index (χ0) is 24.3. The second kappa shape index (κ2) is 8.68. The van der Waals surface area contributed by atoms with Gasteiger partial charge in [0.05, 0.1) is 19.9 Å². The van der Waals surface area contributed by atoms with Crippen LogP contribution in [0.2, 0.25) is 0 Å². The van der Waals surface area contributed by atoms with Gasteiger partial charge >= 0.3 is 5.97 Å². The lowest BCUT2D eigenvalue weighted by molar-refractivity contribution is -0.169. The van der Waals surface area contributed by atoms with Gasteiger partial charge in [-0.15, -0.1) is 0 Å². The SMILES string of the molecule is COC(=O)C(OC(=S)SC)[C@@]12CCCN3CC[C@]4(c5cccc(OC)c5N(C(C)=O)[C@@H]4CC1)[C@H]32. The van der Waals surface area contributed by atoms with Gasteiger partial charge in [0.1, 0.15) is 5.75 Å². The molecule has 2 saturated heterocycles. The summed E-state index contributed by atoms with van der Waals surface area (Å²) >= 11 is 6.76. The summed E-state index contributed by atoms with van der Waals surface area (Å²) in [4.78, 5) is 30.8. The number of fused-ring (bicyclic) bond motifs is 1. The Balaban J connectivity index is 1.72. The number of ether oxygens (including phenoxy) is 3. The van der Waals surface area contributed by atoms with Crippen LogP contribution in [0.25, 0.3) is 0 Å². The summed E-state index contributed by atoms with van der Waals surface area (Å²) in [5, 5.41) is 0. The van der Waals surface area contributed by atoms with Crippen molar-refractivity contribution in [1.29, 1.82) is 0 Å². The highest BCUT2D eigenvalue weighted by Gasteiger charge is 2.72. The first-order valence-corrected chi connectivity index (χ1v) is 13.5. The van der Waals surface area contributed by atoms with Crippen LogP contribution in [0.3, 0.4) is 0 Å². The summed E-state index contributed by atoms with van der Waals surface area (Å²) in [6.07, 6.45) is 5.40. The fraction of sp³-hybridized carbons (Fsp3) is 0.640. The number of benzene rings is 1. The number of nitrogens with zero attached hydrogens (tertiary/aromatic N) is 2. The zero-order valence-electron chi connectivity index (χ0n) is 20.2. The van der Waals surface area contributed by atoms with Gasteiger partial charge in [0, 0.05) is 29.8 Å². The van der Waals surface area contributed by atoms with Crippen molar-refractivity contribution in [3.8, 4) is 5.75 Å². The van der Waals surface area contributed by atoms with E-state index in [0.717, 1.165) is 62.2 Å². The lowest BCUT2D eigenvalue weighted by atomic mass is 9.51. The van der Waals surface area contributed by atoms with E-state index < -0.39 is 11.5 Å². The molecule has 0 aromatic heterocycles. The normalized spacial score (nSPS) is 32.3. The Bertz CT molecular complexity index is 1030. The molecule has 184 valence electrons. The van der Waals surface area contributed by atoms with Gasteiger partial charge in [-0.25, -0.2) is 4.79 Å².